The van der Waals surface area contributed by atoms with Gasteiger partial charge in [-0.25, -0.2) is 9.18 Å². The minimum atomic E-state index is -1.25. The van der Waals surface area contributed by atoms with Gasteiger partial charge in [-0.3, -0.25) is 0 Å². The van der Waals surface area contributed by atoms with Crippen molar-refractivity contribution in [2.45, 2.75) is 19.4 Å². The number of thiophene rings is 1. The van der Waals surface area contributed by atoms with Crippen molar-refractivity contribution in [2.75, 3.05) is 5.32 Å². The summed E-state index contributed by atoms with van der Waals surface area (Å²) in [5.41, 5.74) is 1.51. The van der Waals surface area contributed by atoms with Gasteiger partial charge in [0.1, 0.15) is 5.82 Å². The molecule has 19 heavy (non-hydrogen) atoms. The molecule has 1 aromatic carbocycles. The smallest absolute Gasteiger partial charge is 0.338 e. The number of carbonyl (C=O) groups is 1. The lowest BCUT2D eigenvalue weighted by Gasteiger charge is -2.15. The summed E-state index contributed by atoms with van der Waals surface area (Å²) in [6.45, 7) is 2.00. The average Bonchev–Trinajstić information content (AvgIpc) is 2.81. The van der Waals surface area contributed by atoms with Crippen LogP contribution in [0.2, 0.25) is 0 Å². The highest BCUT2D eigenvalue weighted by Crippen LogP contribution is 2.17. The van der Waals surface area contributed by atoms with Gasteiger partial charge in [-0.05, 0) is 53.9 Å². The molecule has 2 N–H and O–H groups in total. The Hall–Kier alpha value is -1.88. The van der Waals surface area contributed by atoms with Gasteiger partial charge in [0.05, 0.1) is 5.56 Å². The van der Waals surface area contributed by atoms with Crippen LogP contribution in [0, 0.1) is 5.82 Å². The molecule has 5 heteroatoms. The molecule has 100 valence electrons. The average molecular weight is 279 g/mol. The van der Waals surface area contributed by atoms with Gasteiger partial charge in [0.2, 0.25) is 0 Å². The first-order valence-corrected chi connectivity index (χ1v) is 6.81. The number of hydrogen-bond donors (Lipinski definition) is 2. The maximum Gasteiger partial charge on any atom is 0.338 e. The highest BCUT2D eigenvalue weighted by atomic mass is 32.1. The quantitative estimate of drug-likeness (QED) is 0.878. The second-order valence-electron chi connectivity index (χ2n) is 4.38. The minimum absolute atomic E-state index is 0.143. The fourth-order valence-corrected chi connectivity index (χ4v) is 2.56. The molecule has 1 aromatic heterocycles. The van der Waals surface area contributed by atoms with E-state index in [2.05, 4.69) is 16.8 Å². The van der Waals surface area contributed by atoms with Crippen molar-refractivity contribution >= 4 is 23.0 Å². The number of rotatable bonds is 5. The van der Waals surface area contributed by atoms with Crippen molar-refractivity contribution in [1.82, 2.24) is 0 Å². The predicted molar refractivity (Wildman–Crippen MR) is 74.5 cm³/mol. The van der Waals surface area contributed by atoms with Crippen molar-refractivity contribution in [3.05, 3.63) is 52.0 Å². The van der Waals surface area contributed by atoms with Crippen molar-refractivity contribution < 1.29 is 14.3 Å². The highest BCUT2D eigenvalue weighted by Gasteiger charge is 2.11. The second-order valence-corrected chi connectivity index (χ2v) is 5.16. The molecule has 0 aliphatic heterocycles. The molecule has 0 saturated carbocycles. The summed E-state index contributed by atoms with van der Waals surface area (Å²) in [5.74, 6) is -1.98. The van der Waals surface area contributed by atoms with E-state index in [0.717, 1.165) is 6.42 Å². The molecule has 0 spiro atoms. The molecular weight excluding hydrogens is 265 g/mol. The standard InChI is InChI=1S/C14H14FNO2S/c1-9(6-10-4-5-19-8-10)16-11-2-3-12(14(17)18)13(15)7-11/h2-5,7-9,16H,6H2,1H3,(H,17,18). The lowest BCUT2D eigenvalue weighted by molar-refractivity contribution is 0.0692. The first kappa shape index (κ1) is 13.5. The molecule has 1 heterocycles. The van der Waals surface area contributed by atoms with Crippen molar-refractivity contribution in [3.63, 3.8) is 0 Å². The molecule has 2 aromatic rings. The first-order valence-electron chi connectivity index (χ1n) is 5.86. The summed E-state index contributed by atoms with van der Waals surface area (Å²) in [6, 6.07) is 6.27. The van der Waals surface area contributed by atoms with E-state index >= 15 is 0 Å². The number of aromatic carboxylic acids is 1. The predicted octanol–water partition coefficient (Wildman–Crippen LogP) is 3.63. The minimum Gasteiger partial charge on any atom is -0.478 e. The maximum atomic E-state index is 13.5. The van der Waals surface area contributed by atoms with E-state index in [0.29, 0.717) is 5.69 Å². The van der Waals surface area contributed by atoms with Crippen LogP contribution in [0.15, 0.2) is 35.0 Å². The maximum absolute atomic E-state index is 13.5. The van der Waals surface area contributed by atoms with Crippen LogP contribution >= 0.6 is 11.3 Å². The lowest BCUT2D eigenvalue weighted by atomic mass is 10.1. The number of carboxylic acid groups (broad SMARTS) is 1. The van der Waals surface area contributed by atoms with E-state index in [9.17, 15) is 9.18 Å². The highest BCUT2D eigenvalue weighted by molar-refractivity contribution is 7.07. The molecule has 0 aliphatic rings. The van der Waals surface area contributed by atoms with Gasteiger partial charge in [0, 0.05) is 11.7 Å². The lowest BCUT2D eigenvalue weighted by Crippen LogP contribution is -2.18. The zero-order valence-corrected chi connectivity index (χ0v) is 11.2. The number of carboxylic acids is 1. The molecule has 3 nitrogen and oxygen atoms in total. The fourth-order valence-electron chi connectivity index (χ4n) is 1.88. The van der Waals surface area contributed by atoms with E-state index in [1.165, 1.54) is 17.7 Å². The van der Waals surface area contributed by atoms with Gasteiger partial charge in [-0.15, -0.1) is 0 Å². The summed E-state index contributed by atoms with van der Waals surface area (Å²) in [4.78, 5) is 10.7. The van der Waals surface area contributed by atoms with E-state index < -0.39 is 11.8 Å². The van der Waals surface area contributed by atoms with Crippen molar-refractivity contribution in [1.29, 1.82) is 0 Å². The Kier molecular flexibility index (Phi) is 4.16. The molecule has 0 radical (unpaired) electrons. The Bertz CT molecular complexity index is 569. The van der Waals surface area contributed by atoms with Crippen molar-refractivity contribution in [2.24, 2.45) is 0 Å². The molecule has 0 aliphatic carbocycles. The summed E-state index contributed by atoms with van der Waals surface area (Å²) in [7, 11) is 0. The monoisotopic (exact) mass is 279 g/mol. The van der Waals surface area contributed by atoms with E-state index in [1.807, 2.05) is 12.3 Å². The Morgan fingerprint density at radius 2 is 2.26 bits per heavy atom. The normalized spacial score (nSPS) is 12.1. The number of hydrogen-bond acceptors (Lipinski definition) is 3. The van der Waals surface area contributed by atoms with E-state index in [4.69, 9.17) is 5.11 Å². The molecule has 1 atom stereocenters. The number of nitrogens with one attached hydrogen (secondary N) is 1. The number of halogens is 1. The third kappa shape index (κ3) is 3.54. The van der Waals surface area contributed by atoms with Gasteiger partial charge in [0.25, 0.3) is 0 Å². The summed E-state index contributed by atoms with van der Waals surface area (Å²) < 4.78 is 13.5. The van der Waals surface area contributed by atoms with E-state index in [1.54, 1.807) is 17.4 Å². The zero-order valence-electron chi connectivity index (χ0n) is 10.4. The summed E-state index contributed by atoms with van der Waals surface area (Å²) in [6.07, 6.45) is 0.839. The third-order valence-corrected chi connectivity index (χ3v) is 3.47. The van der Waals surface area contributed by atoms with Gasteiger partial charge in [0.15, 0.2) is 0 Å². The van der Waals surface area contributed by atoms with Gasteiger partial charge in [-0.2, -0.15) is 11.3 Å². The Labute approximate surface area is 114 Å². The Morgan fingerprint density at radius 3 is 2.84 bits per heavy atom. The third-order valence-electron chi connectivity index (χ3n) is 2.73. The molecule has 2 rings (SSSR count). The number of anilines is 1. The fraction of sp³-hybridized carbons (Fsp3) is 0.214. The van der Waals surface area contributed by atoms with Crippen LogP contribution in [0.25, 0.3) is 0 Å². The van der Waals surface area contributed by atoms with Crippen LogP contribution < -0.4 is 5.32 Å². The van der Waals surface area contributed by atoms with Gasteiger partial charge < -0.3 is 10.4 Å². The van der Waals surface area contributed by atoms with Crippen LogP contribution in [0.4, 0.5) is 10.1 Å². The molecular formula is C14H14FNO2S. The summed E-state index contributed by atoms with van der Waals surface area (Å²) in [5, 5.41) is 16.0. The van der Waals surface area contributed by atoms with Gasteiger partial charge >= 0.3 is 5.97 Å². The Morgan fingerprint density at radius 1 is 1.47 bits per heavy atom. The first-order chi connectivity index (χ1) is 9.06. The van der Waals surface area contributed by atoms with Crippen LogP contribution in [-0.2, 0) is 6.42 Å². The van der Waals surface area contributed by atoms with Crippen LogP contribution in [-0.4, -0.2) is 17.1 Å². The van der Waals surface area contributed by atoms with Crippen LogP contribution in [0.1, 0.15) is 22.8 Å². The largest absolute Gasteiger partial charge is 0.478 e. The topological polar surface area (TPSA) is 49.3 Å². The Balaban J connectivity index is 2.03. The molecule has 1 unspecified atom stereocenters. The second kappa shape index (κ2) is 5.84. The summed E-state index contributed by atoms with van der Waals surface area (Å²) >= 11 is 1.64. The molecule has 0 bridgehead atoms. The molecule has 0 saturated heterocycles. The molecule has 0 fully saturated rings. The van der Waals surface area contributed by atoms with Crippen LogP contribution in [0.5, 0.6) is 0 Å². The molecule has 0 amide bonds. The van der Waals surface area contributed by atoms with Crippen LogP contribution in [0.3, 0.4) is 0 Å². The number of benzene rings is 1. The SMILES string of the molecule is CC(Cc1ccsc1)Nc1ccc(C(=O)O)c(F)c1. The zero-order chi connectivity index (χ0) is 13.8. The van der Waals surface area contributed by atoms with Crippen molar-refractivity contribution in [3.8, 4) is 0 Å². The van der Waals surface area contributed by atoms with Gasteiger partial charge in [-0.1, -0.05) is 0 Å². The van der Waals surface area contributed by atoms with E-state index in [-0.39, 0.29) is 11.6 Å².